The highest BCUT2D eigenvalue weighted by molar-refractivity contribution is 5.82. The van der Waals surface area contributed by atoms with E-state index in [1.54, 1.807) is 6.21 Å². The van der Waals surface area contributed by atoms with Gasteiger partial charge in [0.2, 0.25) is 5.91 Å². The first-order valence-corrected chi connectivity index (χ1v) is 7.32. The molecule has 0 radical (unpaired) electrons. The number of piperidine rings is 1. The largest absolute Gasteiger partial charge is 0.490 e. The summed E-state index contributed by atoms with van der Waals surface area (Å²) in [6.45, 7) is 1.38. The van der Waals surface area contributed by atoms with Crippen molar-refractivity contribution in [1.82, 2.24) is 4.90 Å². The second kappa shape index (κ2) is 9.02. The molecule has 0 bridgehead atoms. The maximum atomic E-state index is 11.9. The van der Waals surface area contributed by atoms with Crippen LogP contribution in [0.2, 0.25) is 0 Å². The smallest absolute Gasteiger partial charge is 0.475 e. The highest BCUT2D eigenvalue weighted by Crippen LogP contribution is 2.15. The van der Waals surface area contributed by atoms with Crippen LogP contribution in [0.5, 0.6) is 0 Å². The Bertz CT molecular complexity index is 635. The second-order valence-electron chi connectivity index (χ2n) is 5.33. The van der Waals surface area contributed by atoms with Gasteiger partial charge >= 0.3 is 12.1 Å². The van der Waals surface area contributed by atoms with Gasteiger partial charge in [0, 0.05) is 13.1 Å². The van der Waals surface area contributed by atoms with Crippen LogP contribution in [0.4, 0.5) is 13.2 Å². The van der Waals surface area contributed by atoms with E-state index in [0.717, 1.165) is 30.5 Å². The Hall–Kier alpha value is -2.62. The van der Waals surface area contributed by atoms with Crippen LogP contribution in [0.3, 0.4) is 0 Å². The molecule has 1 atom stereocenters. The van der Waals surface area contributed by atoms with E-state index in [4.69, 9.17) is 21.5 Å². The van der Waals surface area contributed by atoms with Gasteiger partial charge in [-0.05, 0) is 30.0 Å². The topological polar surface area (TPSA) is 122 Å². The van der Waals surface area contributed by atoms with Gasteiger partial charge in [-0.15, -0.1) is 0 Å². The lowest BCUT2D eigenvalue weighted by molar-refractivity contribution is -0.192. The number of nitrogens with zero attached hydrogens (tertiary/aromatic N) is 2. The standard InChI is InChI=1S/C13H18N4O.C2HF3O2/c14-12-5-2-6-17(13(12)18)9-11-4-1-3-10(7-11)8-16-15;3-2(4,5)1(6)7/h1,3-4,7-8,12H,2,5-6,9,14-15H2;(H,6,7). The molecule has 1 amide bonds. The molecule has 10 heteroatoms. The van der Waals surface area contributed by atoms with Crippen molar-refractivity contribution in [1.29, 1.82) is 0 Å². The van der Waals surface area contributed by atoms with Crippen molar-refractivity contribution in [3.63, 3.8) is 0 Å². The minimum absolute atomic E-state index is 0.0409. The van der Waals surface area contributed by atoms with Gasteiger partial charge in [-0.25, -0.2) is 4.79 Å². The molecule has 7 nitrogen and oxygen atoms in total. The molecule has 1 unspecified atom stereocenters. The fourth-order valence-electron chi connectivity index (χ4n) is 2.21. The Labute approximate surface area is 142 Å². The number of hydrogen-bond acceptors (Lipinski definition) is 5. The zero-order valence-electron chi connectivity index (χ0n) is 13.2. The summed E-state index contributed by atoms with van der Waals surface area (Å²) in [7, 11) is 0. The van der Waals surface area contributed by atoms with Crippen LogP contribution in [0.15, 0.2) is 29.4 Å². The summed E-state index contributed by atoms with van der Waals surface area (Å²) >= 11 is 0. The van der Waals surface area contributed by atoms with E-state index < -0.39 is 12.1 Å². The highest BCUT2D eigenvalue weighted by atomic mass is 19.4. The van der Waals surface area contributed by atoms with E-state index >= 15 is 0 Å². The van der Waals surface area contributed by atoms with Crippen LogP contribution in [0.25, 0.3) is 0 Å². The maximum absolute atomic E-state index is 11.9. The van der Waals surface area contributed by atoms with Crippen LogP contribution in [-0.2, 0) is 16.1 Å². The molecule has 1 aliphatic heterocycles. The molecule has 0 spiro atoms. The van der Waals surface area contributed by atoms with Gasteiger partial charge in [-0.3, -0.25) is 4.79 Å². The summed E-state index contributed by atoms with van der Waals surface area (Å²) in [5.74, 6) is 2.41. The summed E-state index contributed by atoms with van der Waals surface area (Å²) in [5.41, 5.74) is 7.77. The minimum Gasteiger partial charge on any atom is -0.475 e. The number of carbonyl (C=O) groups excluding carboxylic acids is 1. The van der Waals surface area contributed by atoms with Gasteiger partial charge < -0.3 is 21.6 Å². The maximum Gasteiger partial charge on any atom is 0.490 e. The normalized spacial score (nSPS) is 18.0. The molecule has 2 rings (SSSR count). The van der Waals surface area contributed by atoms with Gasteiger partial charge in [0.15, 0.2) is 0 Å². The molecular formula is C15H19F3N4O3. The van der Waals surface area contributed by atoms with Gasteiger partial charge in [0.25, 0.3) is 0 Å². The number of carbonyl (C=O) groups is 2. The number of benzene rings is 1. The average molecular weight is 360 g/mol. The van der Waals surface area contributed by atoms with E-state index in [1.807, 2.05) is 29.2 Å². The molecule has 5 N–H and O–H groups in total. The van der Waals surface area contributed by atoms with Crippen LogP contribution in [0.1, 0.15) is 24.0 Å². The first-order chi connectivity index (χ1) is 11.6. The molecule has 0 saturated carbocycles. The van der Waals surface area contributed by atoms with E-state index in [9.17, 15) is 18.0 Å². The van der Waals surface area contributed by atoms with Gasteiger partial charge in [-0.2, -0.15) is 18.3 Å². The SMILES string of the molecule is NN=Cc1cccc(CN2CCCC(N)C2=O)c1.O=C(O)C(F)(F)F. The molecule has 1 saturated heterocycles. The van der Waals surface area contributed by atoms with Gasteiger partial charge in [0.05, 0.1) is 12.3 Å². The fourth-order valence-corrected chi connectivity index (χ4v) is 2.21. The summed E-state index contributed by atoms with van der Waals surface area (Å²) in [4.78, 5) is 22.6. The minimum atomic E-state index is -5.08. The number of carboxylic acids is 1. The molecule has 1 fully saturated rings. The van der Waals surface area contributed by atoms with Crippen LogP contribution in [0, 0.1) is 0 Å². The summed E-state index contributed by atoms with van der Waals surface area (Å²) in [6.07, 6.45) is -1.74. The van der Waals surface area contributed by atoms with Crippen molar-refractivity contribution in [3.05, 3.63) is 35.4 Å². The molecular weight excluding hydrogens is 341 g/mol. The third-order valence-corrected chi connectivity index (χ3v) is 3.36. The van der Waals surface area contributed by atoms with Crippen molar-refractivity contribution >= 4 is 18.1 Å². The van der Waals surface area contributed by atoms with E-state index in [1.165, 1.54) is 0 Å². The number of halogens is 3. The van der Waals surface area contributed by atoms with Crippen molar-refractivity contribution in [2.75, 3.05) is 6.54 Å². The van der Waals surface area contributed by atoms with Crippen molar-refractivity contribution in [3.8, 4) is 0 Å². The Morgan fingerprint density at radius 3 is 2.64 bits per heavy atom. The monoisotopic (exact) mass is 360 g/mol. The Morgan fingerprint density at radius 2 is 2.08 bits per heavy atom. The number of hydrogen-bond donors (Lipinski definition) is 3. The molecule has 138 valence electrons. The first-order valence-electron chi connectivity index (χ1n) is 7.32. The third kappa shape index (κ3) is 6.79. The van der Waals surface area contributed by atoms with Crippen LogP contribution < -0.4 is 11.6 Å². The van der Waals surface area contributed by atoms with E-state index in [-0.39, 0.29) is 11.9 Å². The number of amides is 1. The van der Waals surface area contributed by atoms with Gasteiger partial charge in [0.1, 0.15) is 0 Å². The molecule has 1 heterocycles. The van der Waals surface area contributed by atoms with E-state index in [0.29, 0.717) is 6.54 Å². The number of hydrazone groups is 1. The number of carboxylic acid groups (broad SMARTS) is 1. The zero-order chi connectivity index (χ0) is 19.0. The zero-order valence-corrected chi connectivity index (χ0v) is 13.2. The quantitative estimate of drug-likeness (QED) is 0.423. The number of rotatable bonds is 3. The lowest BCUT2D eigenvalue weighted by atomic mass is 10.0. The van der Waals surface area contributed by atoms with Crippen molar-refractivity contribution in [2.24, 2.45) is 16.7 Å². The predicted octanol–water partition coefficient (Wildman–Crippen LogP) is 1.06. The molecule has 0 aromatic heterocycles. The predicted molar refractivity (Wildman–Crippen MR) is 84.5 cm³/mol. The lowest BCUT2D eigenvalue weighted by Crippen LogP contribution is -2.47. The van der Waals surface area contributed by atoms with Crippen LogP contribution >= 0.6 is 0 Å². The number of aliphatic carboxylic acids is 1. The lowest BCUT2D eigenvalue weighted by Gasteiger charge is -2.30. The number of likely N-dealkylation sites (tertiary alicyclic amines) is 1. The molecule has 25 heavy (non-hydrogen) atoms. The Balaban J connectivity index is 0.000000381. The number of alkyl halides is 3. The van der Waals surface area contributed by atoms with Crippen LogP contribution in [-0.4, -0.2) is 46.9 Å². The molecule has 0 aliphatic carbocycles. The van der Waals surface area contributed by atoms with Gasteiger partial charge in [-0.1, -0.05) is 18.2 Å². The van der Waals surface area contributed by atoms with E-state index in [2.05, 4.69) is 5.10 Å². The van der Waals surface area contributed by atoms with Crippen molar-refractivity contribution < 1.29 is 27.9 Å². The Kier molecular flexibility index (Phi) is 7.37. The fraction of sp³-hybridized carbons (Fsp3) is 0.400. The molecule has 1 aliphatic rings. The Morgan fingerprint density at radius 1 is 1.44 bits per heavy atom. The molecule has 1 aromatic rings. The second-order valence-corrected chi connectivity index (χ2v) is 5.33. The first kappa shape index (κ1) is 20.4. The summed E-state index contributed by atoms with van der Waals surface area (Å²) in [5, 5.41) is 10.6. The number of nitrogens with two attached hydrogens (primary N) is 2. The summed E-state index contributed by atoms with van der Waals surface area (Å²) in [6, 6.07) is 7.47. The summed E-state index contributed by atoms with van der Waals surface area (Å²) < 4.78 is 31.7. The third-order valence-electron chi connectivity index (χ3n) is 3.36. The molecule has 1 aromatic carbocycles. The average Bonchev–Trinajstić information content (AvgIpc) is 2.52. The highest BCUT2D eigenvalue weighted by Gasteiger charge is 2.38. The van der Waals surface area contributed by atoms with Crippen molar-refractivity contribution in [2.45, 2.75) is 31.6 Å².